The van der Waals surface area contributed by atoms with Crippen LogP contribution in [0.3, 0.4) is 0 Å². The highest BCUT2D eigenvalue weighted by Crippen LogP contribution is 2.22. The Morgan fingerprint density at radius 1 is 1.33 bits per heavy atom. The molecule has 0 aromatic carbocycles. The van der Waals surface area contributed by atoms with Gasteiger partial charge in [-0.3, -0.25) is 0 Å². The van der Waals surface area contributed by atoms with E-state index in [1.165, 1.54) is 0 Å². The van der Waals surface area contributed by atoms with Gasteiger partial charge in [0.2, 0.25) is 0 Å². The molecule has 1 aromatic heterocycles. The summed E-state index contributed by atoms with van der Waals surface area (Å²) in [7, 11) is 0. The molecule has 1 heterocycles. The summed E-state index contributed by atoms with van der Waals surface area (Å²) in [5, 5.41) is 3.40. The molecule has 0 saturated carbocycles. The van der Waals surface area contributed by atoms with Gasteiger partial charge in [-0.05, 0) is 18.8 Å². The summed E-state index contributed by atoms with van der Waals surface area (Å²) in [5.74, 6) is 2.84. The van der Waals surface area contributed by atoms with Crippen LogP contribution in [0, 0.1) is 12.3 Å². The van der Waals surface area contributed by atoms with Crippen LogP contribution in [-0.2, 0) is 0 Å². The summed E-state index contributed by atoms with van der Waals surface area (Å²) in [6.45, 7) is 11.5. The van der Waals surface area contributed by atoms with Gasteiger partial charge in [0.05, 0.1) is 0 Å². The smallest absolute Gasteiger partial charge is 0.133 e. The van der Waals surface area contributed by atoms with E-state index < -0.39 is 0 Å². The lowest BCUT2D eigenvalue weighted by atomic mass is 9.90. The zero-order valence-electron chi connectivity index (χ0n) is 12.0. The number of nitrogens with zero attached hydrogens (tertiary/aromatic N) is 2. The molecule has 0 spiro atoms. The molecule has 0 radical (unpaired) electrons. The fourth-order valence-corrected chi connectivity index (χ4v) is 2.13. The number of rotatable bonds is 6. The van der Waals surface area contributed by atoms with E-state index >= 15 is 0 Å². The molecular weight excluding hydrogens is 246 g/mol. The van der Waals surface area contributed by atoms with E-state index in [-0.39, 0.29) is 5.41 Å². The van der Waals surface area contributed by atoms with Crippen LogP contribution in [0.2, 0.25) is 0 Å². The largest absolute Gasteiger partial charge is 0.369 e. The van der Waals surface area contributed by atoms with Crippen molar-refractivity contribution in [2.45, 2.75) is 47.0 Å². The van der Waals surface area contributed by atoms with Crippen molar-refractivity contribution in [3.05, 3.63) is 17.6 Å². The minimum atomic E-state index is 0.179. The van der Waals surface area contributed by atoms with Gasteiger partial charge in [-0.25, -0.2) is 9.97 Å². The normalized spacial score (nSPS) is 11.9. The van der Waals surface area contributed by atoms with Crippen LogP contribution in [-0.4, -0.2) is 22.4 Å². The molecular formula is C14H24ClN3. The van der Waals surface area contributed by atoms with E-state index in [4.69, 9.17) is 11.6 Å². The van der Waals surface area contributed by atoms with Crippen molar-refractivity contribution in [1.29, 1.82) is 0 Å². The summed E-state index contributed by atoms with van der Waals surface area (Å²) >= 11 is 5.81. The van der Waals surface area contributed by atoms with E-state index in [0.717, 1.165) is 30.3 Å². The fraction of sp³-hybridized carbons (Fsp3) is 0.714. The van der Waals surface area contributed by atoms with Gasteiger partial charge in [0.1, 0.15) is 11.6 Å². The van der Waals surface area contributed by atoms with Crippen molar-refractivity contribution in [3.8, 4) is 0 Å². The maximum absolute atomic E-state index is 5.81. The first-order valence-corrected chi connectivity index (χ1v) is 7.03. The molecule has 1 rings (SSSR count). The van der Waals surface area contributed by atoms with Crippen LogP contribution in [0.5, 0.6) is 0 Å². The van der Waals surface area contributed by atoms with Crippen LogP contribution < -0.4 is 5.32 Å². The van der Waals surface area contributed by atoms with Crippen molar-refractivity contribution in [1.82, 2.24) is 9.97 Å². The molecule has 102 valence electrons. The molecule has 0 aliphatic heterocycles. The second-order valence-electron chi connectivity index (χ2n) is 5.86. The van der Waals surface area contributed by atoms with Crippen LogP contribution in [0.4, 0.5) is 5.82 Å². The van der Waals surface area contributed by atoms with Crippen LogP contribution >= 0.6 is 11.6 Å². The SMILES string of the molecule is Cc1cc(NCC(C)(C)CCCl)nc(C(C)C)n1. The summed E-state index contributed by atoms with van der Waals surface area (Å²) in [4.78, 5) is 8.98. The third-order valence-electron chi connectivity index (χ3n) is 2.91. The second kappa shape index (κ2) is 6.37. The summed E-state index contributed by atoms with van der Waals surface area (Å²) in [5.41, 5.74) is 1.19. The Kier molecular flexibility index (Phi) is 5.39. The van der Waals surface area contributed by atoms with Crippen molar-refractivity contribution >= 4 is 17.4 Å². The van der Waals surface area contributed by atoms with Gasteiger partial charge in [0, 0.05) is 30.1 Å². The van der Waals surface area contributed by atoms with Gasteiger partial charge >= 0.3 is 0 Å². The molecule has 0 aliphatic rings. The van der Waals surface area contributed by atoms with Gasteiger partial charge in [0.25, 0.3) is 0 Å². The van der Waals surface area contributed by atoms with E-state index in [9.17, 15) is 0 Å². The summed E-state index contributed by atoms with van der Waals surface area (Å²) in [6, 6.07) is 1.99. The van der Waals surface area contributed by atoms with Gasteiger partial charge < -0.3 is 5.32 Å². The number of halogens is 1. The second-order valence-corrected chi connectivity index (χ2v) is 6.24. The standard InChI is InChI=1S/C14H24ClN3/c1-10(2)13-17-11(3)8-12(18-13)16-9-14(4,5)6-7-15/h8,10H,6-7,9H2,1-5H3,(H,16,17,18). The average molecular weight is 270 g/mol. The third kappa shape index (κ3) is 4.81. The first kappa shape index (κ1) is 15.2. The lowest BCUT2D eigenvalue weighted by molar-refractivity contribution is 0.379. The first-order valence-electron chi connectivity index (χ1n) is 6.49. The van der Waals surface area contributed by atoms with Gasteiger partial charge in [-0.15, -0.1) is 11.6 Å². The van der Waals surface area contributed by atoms with E-state index in [2.05, 4.69) is 43.0 Å². The van der Waals surface area contributed by atoms with E-state index in [1.54, 1.807) is 0 Å². The predicted octanol–water partition coefficient (Wildman–Crippen LogP) is 3.98. The van der Waals surface area contributed by atoms with Gasteiger partial charge in [-0.2, -0.15) is 0 Å². The Labute approximate surface area is 115 Å². The molecule has 0 atom stereocenters. The highest BCUT2D eigenvalue weighted by molar-refractivity contribution is 6.17. The van der Waals surface area contributed by atoms with Crippen LogP contribution in [0.25, 0.3) is 0 Å². The fourth-order valence-electron chi connectivity index (χ4n) is 1.61. The zero-order valence-corrected chi connectivity index (χ0v) is 12.8. The van der Waals surface area contributed by atoms with Crippen molar-refractivity contribution in [2.24, 2.45) is 5.41 Å². The Hall–Kier alpha value is -0.830. The van der Waals surface area contributed by atoms with E-state index in [1.807, 2.05) is 13.0 Å². The van der Waals surface area contributed by atoms with Crippen molar-refractivity contribution in [3.63, 3.8) is 0 Å². The lowest BCUT2D eigenvalue weighted by Gasteiger charge is -2.24. The Morgan fingerprint density at radius 3 is 2.56 bits per heavy atom. The number of anilines is 1. The molecule has 0 bridgehead atoms. The van der Waals surface area contributed by atoms with E-state index in [0.29, 0.717) is 11.8 Å². The van der Waals surface area contributed by atoms with Gasteiger partial charge in [-0.1, -0.05) is 27.7 Å². The van der Waals surface area contributed by atoms with Crippen molar-refractivity contribution < 1.29 is 0 Å². The monoisotopic (exact) mass is 269 g/mol. The Bertz CT molecular complexity index is 389. The average Bonchev–Trinajstić information content (AvgIpc) is 2.26. The molecule has 3 nitrogen and oxygen atoms in total. The molecule has 1 aromatic rings. The Morgan fingerprint density at radius 2 is 2.00 bits per heavy atom. The molecule has 18 heavy (non-hydrogen) atoms. The number of aryl methyl sites for hydroxylation is 1. The summed E-state index contributed by atoms with van der Waals surface area (Å²) < 4.78 is 0. The number of hydrogen-bond acceptors (Lipinski definition) is 3. The number of hydrogen-bond donors (Lipinski definition) is 1. The zero-order chi connectivity index (χ0) is 13.8. The minimum absolute atomic E-state index is 0.179. The molecule has 1 N–H and O–H groups in total. The predicted molar refractivity (Wildman–Crippen MR) is 78.5 cm³/mol. The van der Waals surface area contributed by atoms with Crippen LogP contribution in [0.15, 0.2) is 6.07 Å². The summed E-state index contributed by atoms with van der Waals surface area (Å²) in [6.07, 6.45) is 0.989. The molecule has 0 aliphatic carbocycles. The number of aromatic nitrogens is 2. The molecule has 0 amide bonds. The minimum Gasteiger partial charge on any atom is -0.369 e. The highest BCUT2D eigenvalue weighted by Gasteiger charge is 2.17. The molecule has 0 fully saturated rings. The quantitative estimate of drug-likeness (QED) is 0.794. The maximum atomic E-state index is 5.81. The van der Waals surface area contributed by atoms with Crippen LogP contribution in [0.1, 0.15) is 51.6 Å². The number of nitrogens with one attached hydrogen (secondary N) is 1. The third-order valence-corrected chi connectivity index (χ3v) is 3.10. The molecule has 4 heteroatoms. The first-order chi connectivity index (χ1) is 8.34. The van der Waals surface area contributed by atoms with Gasteiger partial charge in [0.15, 0.2) is 0 Å². The molecule has 0 unspecified atom stereocenters. The lowest BCUT2D eigenvalue weighted by Crippen LogP contribution is -2.24. The van der Waals surface area contributed by atoms with Crippen molar-refractivity contribution in [2.75, 3.05) is 17.7 Å². The maximum Gasteiger partial charge on any atom is 0.133 e. The topological polar surface area (TPSA) is 37.8 Å². The Balaban J connectivity index is 2.73. The molecule has 0 saturated heterocycles. The highest BCUT2D eigenvalue weighted by atomic mass is 35.5. The number of alkyl halides is 1.